The lowest BCUT2D eigenvalue weighted by molar-refractivity contribution is -0.119. The summed E-state index contributed by atoms with van der Waals surface area (Å²) in [6.45, 7) is 1.29. The number of carbonyl (C=O) groups excluding carboxylic acids is 1. The number of benzene rings is 1. The molecule has 1 aliphatic heterocycles. The van der Waals surface area contributed by atoms with E-state index in [4.69, 9.17) is 9.26 Å². The van der Waals surface area contributed by atoms with Gasteiger partial charge in [0.15, 0.2) is 0 Å². The third kappa shape index (κ3) is 4.52. The highest BCUT2D eigenvalue weighted by Gasteiger charge is 2.31. The summed E-state index contributed by atoms with van der Waals surface area (Å²) in [5, 5.41) is 6.70. The van der Waals surface area contributed by atoms with Crippen molar-refractivity contribution in [3.05, 3.63) is 59.9 Å². The van der Waals surface area contributed by atoms with E-state index in [9.17, 15) is 9.18 Å². The number of anilines is 1. The first kappa shape index (κ1) is 20.1. The molecular formula is C21H22FN5O3. The second-order valence-electron chi connectivity index (χ2n) is 7.09. The molecule has 3 aromatic rings. The Morgan fingerprint density at radius 1 is 1.33 bits per heavy atom. The van der Waals surface area contributed by atoms with Crippen molar-refractivity contribution >= 4 is 11.7 Å². The van der Waals surface area contributed by atoms with Crippen molar-refractivity contribution < 1.29 is 18.4 Å². The number of rotatable bonds is 7. The topological polar surface area (TPSA) is 93.4 Å². The number of hydrogen-bond acceptors (Lipinski definition) is 7. The number of amides is 1. The first-order valence-electron chi connectivity index (χ1n) is 9.70. The normalized spacial score (nSPS) is 16.7. The Bertz CT molecular complexity index is 1010. The number of hydrogen-bond donors (Lipinski definition) is 1. The van der Waals surface area contributed by atoms with Gasteiger partial charge in [0, 0.05) is 31.0 Å². The Balaban J connectivity index is 1.45. The van der Waals surface area contributed by atoms with E-state index in [0.717, 1.165) is 19.4 Å². The minimum absolute atomic E-state index is 0.0393. The molecule has 0 saturated carbocycles. The van der Waals surface area contributed by atoms with Crippen LogP contribution in [-0.4, -0.2) is 46.2 Å². The van der Waals surface area contributed by atoms with E-state index in [2.05, 4.69) is 25.3 Å². The summed E-state index contributed by atoms with van der Waals surface area (Å²) in [6, 6.07) is 10.2. The summed E-state index contributed by atoms with van der Waals surface area (Å²) in [4.78, 5) is 22.5. The molecule has 0 aliphatic carbocycles. The zero-order chi connectivity index (χ0) is 20.9. The van der Waals surface area contributed by atoms with E-state index in [-0.39, 0.29) is 24.4 Å². The van der Waals surface area contributed by atoms with E-state index in [1.54, 1.807) is 30.5 Å². The number of ether oxygens (including phenoxy) is 1. The number of nitrogens with zero attached hydrogens (tertiary/aromatic N) is 4. The maximum Gasteiger partial charge on any atom is 0.251 e. The van der Waals surface area contributed by atoms with Crippen molar-refractivity contribution in [3.63, 3.8) is 0 Å². The van der Waals surface area contributed by atoms with Crippen molar-refractivity contribution in [1.29, 1.82) is 0 Å². The van der Waals surface area contributed by atoms with Crippen LogP contribution in [0, 0.1) is 5.82 Å². The molecule has 1 atom stereocenters. The highest BCUT2D eigenvalue weighted by Crippen LogP contribution is 2.33. The van der Waals surface area contributed by atoms with Gasteiger partial charge in [0.2, 0.25) is 11.7 Å². The molecule has 1 aromatic carbocycles. The Morgan fingerprint density at radius 3 is 2.97 bits per heavy atom. The van der Waals surface area contributed by atoms with Gasteiger partial charge in [-0.3, -0.25) is 9.69 Å². The van der Waals surface area contributed by atoms with Gasteiger partial charge in [-0.1, -0.05) is 23.4 Å². The Labute approximate surface area is 173 Å². The van der Waals surface area contributed by atoms with Crippen LogP contribution < -0.4 is 5.32 Å². The van der Waals surface area contributed by atoms with Crippen LogP contribution in [0.5, 0.6) is 0 Å². The number of halogens is 1. The molecule has 1 saturated heterocycles. The SMILES string of the molecule is COCC(=O)Nc1ccc(-c2noc(C3CCCN3Cc3ccccc3F)n2)cn1. The zero-order valence-electron chi connectivity index (χ0n) is 16.5. The van der Waals surface area contributed by atoms with Gasteiger partial charge >= 0.3 is 0 Å². The number of nitrogens with one attached hydrogen (secondary N) is 1. The largest absolute Gasteiger partial charge is 0.375 e. The molecule has 1 fully saturated rings. The second-order valence-corrected chi connectivity index (χ2v) is 7.09. The van der Waals surface area contributed by atoms with Crippen molar-refractivity contribution in [2.24, 2.45) is 0 Å². The fourth-order valence-corrected chi connectivity index (χ4v) is 3.54. The fraction of sp³-hybridized carbons (Fsp3) is 0.333. The zero-order valence-corrected chi connectivity index (χ0v) is 16.5. The van der Waals surface area contributed by atoms with Crippen LogP contribution in [0.25, 0.3) is 11.4 Å². The maximum atomic E-state index is 14.0. The maximum absolute atomic E-state index is 14.0. The molecule has 0 radical (unpaired) electrons. The molecule has 9 heteroatoms. The van der Waals surface area contributed by atoms with Crippen molar-refractivity contribution in [1.82, 2.24) is 20.0 Å². The van der Waals surface area contributed by atoms with Crippen LogP contribution in [0.4, 0.5) is 10.2 Å². The van der Waals surface area contributed by atoms with Gasteiger partial charge in [-0.25, -0.2) is 9.37 Å². The number of methoxy groups -OCH3 is 1. The third-order valence-corrected chi connectivity index (χ3v) is 4.99. The quantitative estimate of drug-likeness (QED) is 0.638. The first-order chi connectivity index (χ1) is 14.6. The van der Waals surface area contributed by atoms with E-state index < -0.39 is 0 Å². The van der Waals surface area contributed by atoms with Crippen molar-refractivity contribution in [2.75, 3.05) is 25.6 Å². The van der Waals surface area contributed by atoms with Crippen LogP contribution in [0.3, 0.4) is 0 Å². The summed E-state index contributed by atoms with van der Waals surface area (Å²) in [7, 11) is 1.45. The molecule has 156 valence electrons. The molecule has 4 rings (SSSR count). The predicted molar refractivity (Wildman–Crippen MR) is 107 cm³/mol. The molecular weight excluding hydrogens is 389 g/mol. The standard InChI is InChI=1S/C21H22FN5O3/c1-29-13-19(28)24-18-9-8-14(11-23-18)20-25-21(30-26-20)17-7-4-10-27(17)12-15-5-2-3-6-16(15)22/h2-3,5-6,8-9,11,17H,4,7,10,12-13H2,1H3,(H,23,24,28). The van der Waals surface area contributed by atoms with Crippen LogP contribution in [0.2, 0.25) is 0 Å². The van der Waals surface area contributed by atoms with Crippen LogP contribution in [0.15, 0.2) is 47.1 Å². The Hall–Kier alpha value is -3.17. The second kappa shape index (κ2) is 9.10. The van der Waals surface area contributed by atoms with Gasteiger partial charge in [0.1, 0.15) is 18.2 Å². The van der Waals surface area contributed by atoms with Gasteiger partial charge in [0.05, 0.1) is 6.04 Å². The van der Waals surface area contributed by atoms with Gasteiger partial charge in [-0.15, -0.1) is 0 Å². The lowest BCUT2D eigenvalue weighted by Gasteiger charge is -2.21. The van der Waals surface area contributed by atoms with Gasteiger partial charge in [-0.2, -0.15) is 4.98 Å². The number of aromatic nitrogens is 3. The van der Waals surface area contributed by atoms with Crippen LogP contribution in [-0.2, 0) is 16.1 Å². The molecule has 8 nitrogen and oxygen atoms in total. The Kier molecular flexibility index (Phi) is 6.10. The lowest BCUT2D eigenvalue weighted by atomic mass is 10.1. The minimum Gasteiger partial charge on any atom is -0.375 e. The number of carbonyl (C=O) groups is 1. The molecule has 1 unspecified atom stereocenters. The Morgan fingerprint density at radius 2 is 2.20 bits per heavy atom. The monoisotopic (exact) mass is 411 g/mol. The number of pyridine rings is 1. The molecule has 3 heterocycles. The molecule has 30 heavy (non-hydrogen) atoms. The molecule has 1 aliphatic rings. The predicted octanol–water partition coefficient (Wildman–Crippen LogP) is 3.19. The molecule has 2 aromatic heterocycles. The fourth-order valence-electron chi connectivity index (χ4n) is 3.54. The summed E-state index contributed by atoms with van der Waals surface area (Å²) in [5.74, 6) is 0.853. The third-order valence-electron chi connectivity index (χ3n) is 4.99. The van der Waals surface area contributed by atoms with E-state index >= 15 is 0 Å². The summed E-state index contributed by atoms with van der Waals surface area (Å²) in [5.41, 5.74) is 1.33. The van der Waals surface area contributed by atoms with Crippen LogP contribution in [0.1, 0.15) is 30.3 Å². The van der Waals surface area contributed by atoms with Crippen LogP contribution >= 0.6 is 0 Å². The molecule has 0 bridgehead atoms. The van der Waals surface area contributed by atoms with Crippen molar-refractivity contribution in [2.45, 2.75) is 25.4 Å². The van der Waals surface area contributed by atoms with Crippen molar-refractivity contribution in [3.8, 4) is 11.4 Å². The number of likely N-dealkylation sites (tertiary alicyclic amines) is 1. The summed E-state index contributed by atoms with van der Waals surface area (Å²) < 4.78 is 24.3. The summed E-state index contributed by atoms with van der Waals surface area (Å²) in [6.07, 6.45) is 3.43. The van der Waals surface area contributed by atoms with E-state index in [1.807, 2.05) is 6.07 Å². The van der Waals surface area contributed by atoms with Gasteiger partial charge in [0.25, 0.3) is 5.91 Å². The lowest BCUT2D eigenvalue weighted by Crippen LogP contribution is -2.23. The smallest absolute Gasteiger partial charge is 0.251 e. The average molecular weight is 411 g/mol. The van der Waals surface area contributed by atoms with Gasteiger partial charge < -0.3 is 14.6 Å². The molecule has 0 spiro atoms. The minimum atomic E-state index is -0.282. The summed E-state index contributed by atoms with van der Waals surface area (Å²) >= 11 is 0. The molecule has 1 N–H and O–H groups in total. The first-order valence-corrected chi connectivity index (χ1v) is 9.70. The molecule has 1 amide bonds. The highest BCUT2D eigenvalue weighted by molar-refractivity contribution is 5.90. The van der Waals surface area contributed by atoms with Gasteiger partial charge in [-0.05, 0) is 37.6 Å². The average Bonchev–Trinajstić information content (AvgIpc) is 3.40. The van der Waals surface area contributed by atoms with E-state index in [0.29, 0.717) is 35.2 Å². The highest BCUT2D eigenvalue weighted by atomic mass is 19.1. The van der Waals surface area contributed by atoms with E-state index in [1.165, 1.54) is 13.2 Å².